The molecule has 1 heterocycles. The van der Waals surface area contributed by atoms with Crippen molar-refractivity contribution in [1.82, 2.24) is 4.90 Å². The van der Waals surface area contributed by atoms with Crippen LogP contribution in [0.1, 0.15) is 24.0 Å². The number of aryl methyl sites for hydroxylation is 1. The van der Waals surface area contributed by atoms with Gasteiger partial charge in [0.1, 0.15) is 0 Å². The number of hydrogen-bond donors (Lipinski definition) is 0. The van der Waals surface area contributed by atoms with Crippen molar-refractivity contribution < 1.29 is 9.53 Å². The Bertz CT molecular complexity index is 495. The first-order chi connectivity index (χ1) is 11.2. The van der Waals surface area contributed by atoms with Gasteiger partial charge in [-0.15, -0.1) is 18.3 Å². The van der Waals surface area contributed by atoms with Crippen LogP contribution in [0.5, 0.6) is 0 Å². The zero-order valence-electron chi connectivity index (χ0n) is 14.0. The van der Waals surface area contributed by atoms with E-state index in [0.29, 0.717) is 5.75 Å². The predicted molar refractivity (Wildman–Crippen MR) is 98.0 cm³/mol. The van der Waals surface area contributed by atoms with Gasteiger partial charge in [-0.3, -0.25) is 4.79 Å². The Labute approximate surface area is 144 Å². The van der Waals surface area contributed by atoms with Gasteiger partial charge in [0.25, 0.3) is 0 Å². The van der Waals surface area contributed by atoms with Crippen molar-refractivity contribution in [2.45, 2.75) is 32.3 Å². The second-order valence-corrected chi connectivity index (χ2v) is 7.04. The van der Waals surface area contributed by atoms with Gasteiger partial charge >= 0.3 is 0 Å². The van der Waals surface area contributed by atoms with E-state index in [1.165, 1.54) is 11.1 Å². The Morgan fingerprint density at radius 2 is 2.22 bits per heavy atom. The summed E-state index contributed by atoms with van der Waals surface area (Å²) in [5.41, 5.74) is 2.54. The van der Waals surface area contributed by atoms with Crippen LogP contribution in [0.3, 0.4) is 0 Å². The van der Waals surface area contributed by atoms with Crippen LogP contribution in [0, 0.1) is 6.92 Å². The summed E-state index contributed by atoms with van der Waals surface area (Å²) in [6, 6.07) is 8.55. The third-order valence-corrected chi connectivity index (χ3v) is 4.98. The minimum Gasteiger partial charge on any atom is -0.376 e. The fraction of sp³-hybridized carbons (Fsp3) is 0.526. The fourth-order valence-electron chi connectivity index (χ4n) is 2.69. The van der Waals surface area contributed by atoms with E-state index in [-0.39, 0.29) is 12.0 Å². The van der Waals surface area contributed by atoms with Crippen molar-refractivity contribution in [3.63, 3.8) is 0 Å². The minimum absolute atomic E-state index is 0.208. The molecule has 1 aliphatic rings. The van der Waals surface area contributed by atoms with Crippen LogP contribution in [0.15, 0.2) is 36.9 Å². The van der Waals surface area contributed by atoms with Gasteiger partial charge in [-0.25, -0.2) is 0 Å². The summed E-state index contributed by atoms with van der Waals surface area (Å²) in [5, 5.41) is 0. The van der Waals surface area contributed by atoms with Crippen LogP contribution in [0.4, 0.5) is 0 Å². The molecule has 0 radical (unpaired) electrons. The molecule has 0 aromatic heterocycles. The molecule has 126 valence electrons. The molecule has 0 aliphatic carbocycles. The summed E-state index contributed by atoms with van der Waals surface area (Å²) in [4.78, 5) is 14.5. The van der Waals surface area contributed by atoms with Crippen LogP contribution >= 0.6 is 11.8 Å². The highest BCUT2D eigenvalue weighted by molar-refractivity contribution is 8.00. The molecule has 2 rings (SSSR count). The number of carbonyl (C=O) groups is 1. The molecule has 1 aromatic carbocycles. The number of thioether (sulfide) groups is 1. The van der Waals surface area contributed by atoms with Gasteiger partial charge in [0.2, 0.25) is 5.91 Å². The van der Waals surface area contributed by atoms with Crippen molar-refractivity contribution in [3.05, 3.63) is 48.0 Å². The van der Waals surface area contributed by atoms with Gasteiger partial charge in [-0.2, -0.15) is 0 Å². The number of benzene rings is 1. The number of amides is 1. The summed E-state index contributed by atoms with van der Waals surface area (Å²) in [6.45, 7) is 8.11. The molecule has 0 unspecified atom stereocenters. The van der Waals surface area contributed by atoms with Crippen molar-refractivity contribution in [2.24, 2.45) is 0 Å². The van der Waals surface area contributed by atoms with Crippen molar-refractivity contribution >= 4 is 17.7 Å². The zero-order chi connectivity index (χ0) is 16.5. The third kappa shape index (κ3) is 6.40. The quantitative estimate of drug-likeness (QED) is 0.512. The lowest BCUT2D eigenvalue weighted by Gasteiger charge is -2.25. The molecule has 3 nitrogen and oxygen atoms in total. The molecular weight excluding hydrogens is 306 g/mol. The van der Waals surface area contributed by atoms with Gasteiger partial charge in [0.05, 0.1) is 11.9 Å². The Balaban J connectivity index is 1.89. The second-order valence-electron chi connectivity index (χ2n) is 6.01. The molecule has 1 fully saturated rings. The molecule has 0 saturated carbocycles. The predicted octanol–water partition coefficient (Wildman–Crippen LogP) is 3.46. The smallest absolute Gasteiger partial charge is 0.232 e. The molecule has 1 amide bonds. The Morgan fingerprint density at radius 3 is 2.87 bits per heavy atom. The van der Waals surface area contributed by atoms with E-state index in [9.17, 15) is 4.79 Å². The summed E-state index contributed by atoms with van der Waals surface area (Å²) in [7, 11) is 0. The summed E-state index contributed by atoms with van der Waals surface area (Å²) < 4.78 is 5.71. The van der Waals surface area contributed by atoms with Crippen molar-refractivity contribution in [1.29, 1.82) is 0 Å². The topological polar surface area (TPSA) is 29.5 Å². The number of carbonyl (C=O) groups excluding carboxylic acids is 1. The largest absolute Gasteiger partial charge is 0.376 e. The first-order valence-corrected chi connectivity index (χ1v) is 9.48. The van der Waals surface area contributed by atoms with Crippen LogP contribution < -0.4 is 0 Å². The highest BCUT2D eigenvalue weighted by Gasteiger charge is 2.22. The maximum atomic E-state index is 12.5. The molecule has 1 aromatic rings. The molecule has 4 heteroatoms. The van der Waals surface area contributed by atoms with Crippen molar-refractivity contribution in [2.75, 3.05) is 31.2 Å². The van der Waals surface area contributed by atoms with E-state index in [1.807, 2.05) is 11.0 Å². The molecule has 1 saturated heterocycles. The SMILES string of the molecule is C=CCSCC(=O)N(CCc1ccc(C)cc1)C[C@H]1CCCO1. The van der Waals surface area contributed by atoms with E-state index in [0.717, 1.165) is 44.7 Å². The van der Waals surface area contributed by atoms with Crippen molar-refractivity contribution in [3.8, 4) is 0 Å². The van der Waals surface area contributed by atoms with Gasteiger partial charge in [0, 0.05) is 25.4 Å². The number of ether oxygens (including phenoxy) is 1. The third-order valence-electron chi connectivity index (χ3n) is 4.05. The Kier molecular flexibility index (Phi) is 7.69. The minimum atomic E-state index is 0.208. The van der Waals surface area contributed by atoms with Crippen LogP contribution in [0.25, 0.3) is 0 Å². The molecule has 23 heavy (non-hydrogen) atoms. The lowest BCUT2D eigenvalue weighted by molar-refractivity contribution is -0.129. The Hall–Kier alpha value is -1.26. The van der Waals surface area contributed by atoms with E-state index in [4.69, 9.17) is 4.74 Å². The molecule has 0 bridgehead atoms. The molecule has 1 atom stereocenters. The van der Waals surface area contributed by atoms with Gasteiger partial charge in [-0.05, 0) is 31.7 Å². The highest BCUT2D eigenvalue weighted by atomic mass is 32.2. The first-order valence-electron chi connectivity index (χ1n) is 8.32. The lowest BCUT2D eigenvalue weighted by atomic mass is 10.1. The van der Waals surface area contributed by atoms with Gasteiger partial charge < -0.3 is 9.64 Å². The second kappa shape index (κ2) is 9.78. The van der Waals surface area contributed by atoms with Crippen LogP contribution in [0.2, 0.25) is 0 Å². The summed E-state index contributed by atoms with van der Waals surface area (Å²) >= 11 is 1.62. The highest BCUT2D eigenvalue weighted by Crippen LogP contribution is 2.15. The lowest BCUT2D eigenvalue weighted by Crippen LogP contribution is -2.39. The first kappa shape index (κ1) is 18.1. The normalized spacial score (nSPS) is 17.2. The fourth-order valence-corrected chi connectivity index (χ4v) is 3.33. The maximum absolute atomic E-state index is 12.5. The maximum Gasteiger partial charge on any atom is 0.232 e. The van der Waals surface area contributed by atoms with E-state index in [2.05, 4.69) is 37.8 Å². The molecule has 0 spiro atoms. The number of nitrogens with zero attached hydrogens (tertiary/aromatic N) is 1. The summed E-state index contributed by atoms with van der Waals surface area (Å²) in [6.07, 6.45) is 5.12. The average Bonchev–Trinajstić information content (AvgIpc) is 3.06. The van der Waals surface area contributed by atoms with Gasteiger partial charge in [-0.1, -0.05) is 35.9 Å². The van der Waals surface area contributed by atoms with E-state index >= 15 is 0 Å². The Morgan fingerprint density at radius 1 is 1.43 bits per heavy atom. The zero-order valence-corrected chi connectivity index (χ0v) is 14.8. The molecular formula is C19H27NO2S. The molecule has 0 N–H and O–H groups in total. The summed E-state index contributed by atoms with van der Waals surface area (Å²) in [5.74, 6) is 1.55. The van der Waals surface area contributed by atoms with Crippen LogP contribution in [-0.4, -0.2) is 48.1 Å². The van der Waals surface area contributed by atoms with Gasteiger partial charge in [0.15, 0.2) is 0 Å². The monoisotopic (exact) mass is 333 g/mol. The average molecular weight is 333 g/mol. The number of rotatable bonds is 9. The van der Waals surface area contributed by atoms with E-state index in [1.54, 1.807) is 11.8 Å². The molecule has 1 aliphatic heterocycles. The van der Waals surface area contributed by atoms with Crippen LogP contribution in [-0.2, 0) is 16.0 Å². The number of hydrogen-bond acceptors (Lipinski definition) is 3. The van der Waals surface area contributed by atoms with E-state index < -0.39 is 0 Å². The standard InChI is InChI=1S/C19H27NO2S/c1-3-13-23-15-19(21)20(14-18-5-4-12-22-18)11-10-17-8-6-16(2)7-9-17/h3,6-9,18H,1,4-5,10-15H2,2H3/t18-/m1/s1.